The van der Waals surface area contributed by atoms with Crippen molar-refractivity contribution in [3.8, 4) is 5.75 Å². The van der Waals surface area contributed by atoms with Crippen LogP contribution in [-0.2, 0) is 6.42 Å². The van der Waals surface area contributed by atoms with E-state index in [1.165, 1.54) is 16.7 Å². The molecule has 0 aliphatic heterocycles. The van der Waals surface area contributed by atoms with Crippen molar-refractivity contribution in [2.75, 3.05) is 13.7 Å². The first-order valence-electron chi connectivity index (χ1n) is 7.65. The van der Waals surface area contributed by atoms with E-state index in [0.29, 0.717) is 6.04 Å². The summed E-state index contributed by atoms with van der Waals surface area (Å²) in [5.41, 5.74) is 3.83. The first-order chi connectivity index (χ1) is 10.2. The lowest BCUT2D eigenvalue weighted by molar-refractivity contribution is 0.305. The van der Waals surface area contributed by atoms with Gasteiger partial charge in [0.05, 0.1) is 6.61 Å². The molecule has 0 aliphatic carbocycles. The Balaban J connectivity index is 1.91. The van der Waals surface area contributed by atoms with Gasteiger partial charge in [0.25, 0.3) is 0 Å². The van der Waals surface area contributed by atoms with Crippen molar-refractivity contribution in [3.05, 3.63) is 65.2 Å². The van der Waals surface area contributed by atoms with Crippen LogP contribution in [0.25, 0.3) is 0 Å². The van der Waals surface area contributed by atoms with Gasteiger partial charge in [0.2, 0.25) is 0 Å². The van der Waals surface area contributed by atoms with Gasteiger partial charge in [0, 0.05) is 11.6 Å². The fraction of sp³-hybridized carbons (Fsp3) is 0.368. The highest BCUT2D eigenvalue weighted by molar-refractivity contribution is 5.39. The maximum absolute atomic E-state index is 6.02. The summed E-state index contributed by atoms with van der Waals surface area (Å²) in [6, 6.07) is 17.3. The van der Waals surface area contributed by atoms with Crippen molar-refractivity contribution < 1.29 is 4.74 Å². The molecule has 0 saturated heterocycles. The SMILES string of the molecule is CNC(C)c1ccc(C)cc1OCCCc1ccccc1. The van der Waals surface area contributed by atoms with Crippen LogP contribution in [0, 0.1) is 6.92 Å². The third-order valence-corrected chi connectivity index (χ3v) is 3.78. The molecule has 0 radical (unpaired) electrons. The first-order valence-corrected chi connectivity index (χ1v) is 7.65. The smallest absolute Gasteiger partial charge is 0.124 e. The molecule has 1 unspecified atom stereocenters. The summed E-state index contributed by atoms with van der Waals surface area (Å²) in [4.78, 5) is 0. The molecule has 0 spiro atoms. The van der Waals surface area contributed by atoms with Gasteiger partial charge in [-0.1, -0.05) is 42.5 Å². The second-order valence-electron chi connectivity index (χ2n) is 5.49. The van der Waals surface area contributed by atoms with Crippen molar-refractivity contribution in [2.24, 2.45) is 0 Å². The number of aryl methyl sites for hydroxylation is 2. The van der Waals surface area contributed by atoms with Crippen LogP contribution in [-0.4, -0.2) is 13.7 Å². The van der Waals surface area contributed by atoms with Gasteiger partial charge in [-0.05, 0) is 50.9 Å². The maximum Gasteiger partial charge on any atom is 0.124 e. The molecule has 0 amide bonds. The van der Waals surface area contributed by atoms with E-state index in [1.54, 1.807) is 0 Å². The second-order valence-corrected chi connectivity index (χ2v) is 5.49. The zero-order valence-corrected chi connectivity index (χ0v) is 13.2. The van der Waals surface area contributed by atoms with E-state index in [2.05, 4.69) is 67.7 Å². The Morgan fingerprint density at radius 2 is 1.86 bits per heavy atom. The van der Waals surface area contributed by atoms with Gasteiger partial charge >= 0.3 is 0 Å². The lowest BCUT2D eigenvalue weighted by Gasteiger charge is -2.17. The lowest BCUT2D eigenvalue weighted by atomic mass is 10.1. The Labute approximate surface area is 128 Å². The zero-order chi connectivity index (χ0) is 15.1. The number of hydrogen-bond acceptors (Lipinski definition) is 2. The van der Waals surface area contributed by atoms with E-state index >= 15 is 0 Å². The van der Waals surface area contributed by atoms with E-state index in [0.717, 1.165) is 25.2 Å². The summed E-state index contributed by atoms with van der Waals surface area (Å²) in [5, 5.41) is 3.28. The molecule has 0 aromatic heterocycles. The Morgan fingerprint density at radius 3 is 2.57 bits per heavy atom. The predicted octanol–water partition coefficient (Wildman–Crippen LogP) is 4.29. The molecule has 2 aromatic rings. The second kappa shape index (κ2) is 7.84. The lowest BCUT2D eigenvalue weighted by Crippen LogP contribution is -2.14. The molecule has 2 aromatic carbocycles. The molecule has 0 bridgehead atoms. The molecule has 21 heavy (non-hydrogen) atoms. The maximum atomic E-state index is 6.02. The van der Waals surface area contributed by atoms with Crippen LogP contribution >= 0.6 is 0 Å². The summed E-state index contributed by atoms with van der Waals surface area (Å²) < 4.78 is 6.02. The van der Waals surface area contributed by atoms with E-state index in [1.807, 2.05) is 7.05 Å². The highest BCUT2D eigenvalue weighted by atomic mass is 16.5. The standard InChI is InChI=1S/C19H25NO/c1-15-11-12-18(16(2)20-3)19(14-15)21-13-7-10-17-8-5-4-6-9-17/h4-6,8-9,11-12,14,16,20H,7,10,13H2,1-3H3. The molecular formula is C19H25NO. The quantitative estimate of drug-likeness (QED) is 0.765. The predicted molar refractivity (Wildman–Crippen MR) is 88.9 cm³/mol. The topological polar surface area (TPSA) is 21.3 Å². The highest BCUT2D eigenvalue weighted by Gasteiger charge is 2.10. The normalized spacial score (nSPS) is 12.1. The number of nitrogens with one attached hydrogen (secondary N) is 1. The van der Waals surface area contributed by atoms with Gasteiger partial charge in [-0.15, -0.1) is 0 Å². The van der Waals surface area contributed by atoms with Gasteiger partial charge in [-0.25, -0.2) is 0 Å². The molecule has 1 N–H and O–H groups in total. The average molecular weight is 283 g/mol. The van der Waals surface area contributed by atoms with Crippen LogP contribution in [0.2, 0.25) is 0 Å². The number of benzene rings is 2. The number of ether oxygens (including phenoxy) is 1. The summed E-state index contributed by atoms with van der Waals surface area (Å²) in [5.74, 6) is 1.00. The molecular weight excluding hydrogens is 258 g/mol. The van der Waals surface area contributed by atoms with Crippen LogP contribution in [0.3, 0.4) is 0 Å². The van der Waals surface area contributed by atoms with Crippen molar-refractivity contribution in [2.45, 2.75) is 32.7 Å². The molecule has 2 heteroatoms. The number of hydrogen-bond donors (Lipinski definition) is 1. The molecule has 1 atom stereocenters. The van der Waals surface area contributed by atoms with Gasteiger partial charge in [0.15, 0.2) is 0 Å². The van der Waals surface area contributed by atoms with Gasteiger partial charge in [-0.3, -0.25) is 0 Å². The summed E-state index contributed by atoms with van der Waals surface area (Å²) in [7, 11) is 1.98. The van der Waals surface area contributed by atoms with Crippen LogP contribution in [0.1, 0.15) is 36.1 Å². The van der Waals surface area contributed by atoms with Gasteiger partial charge in [0.1, 0.15) is 5.75 Å². The molecule has 2 rings (SSSR count). The number of rotatable bonds is 7. The van der Waals surface area contributed by atoms with Crippen molar-refractivity contribution >= 4 is 0 Å². The van der Waals surface area contributed by atoms with E-state index in [9.17, 15) is 0 Å². The Hall–Kier alpha value is -1.80. The molecule has 0 fully saturated rings. The van der Waals surface area contributed by atoms with Crippen LogP contribution in [0.5, 0.6) is 5.75 Å². The summed E-state index contributed by atoms with van der Waals surface area (Å²) in [6.07, 6.45) is 2.09. The largest absolute Gasteiger partial charge is 0.493 e. The minimum atomic E-state index is 0.301. The van der Waals surface area contributed by atoms with Gasteiger partial charge < -0.3 is 10.1 Å². The Morgan fingerprint density at radius 1 is 1.10 bits per heavy atom. The summed E-state index contributed by atoms with van der Waals surface area (Å²) >= 11 is 0. The molecule has 112 valence electrons. The highest BCUT2D eigenvalue weighted by Crippen LogP contribution is 2.26. The molecule has 0 saturated carbocycles. The fourth-order valence-electron chi connectivity index (χ4n) is 2.38. The van der Waals surface area contributed by atoms with Crippen molar-refractivity contribution in [3.63, 3.8) is 0 Å². The van der Waals surface area contributed by atoms with E-state index < -0.39 is 0 Å². The van der Waals surface area contributed by atoms with Crippen molar-refractivity contribution in [1.29, 1.82) is 0 Å². The first kappa shape index (κ1) is 15.6. The minimum absolute atomic E-state index is 0.301. The zero-order valence-electron chi connectivity index (χ0n) is 13.2. The van der Waals surface area contributed by atoms with Crippen molar-refractivity contribution in [1.82, 2.24) is 5.32 Å². The van der Waals surface area contributed by atoms with Gasteiger partial charge in [-0.2, -0.15) is 0 Å². The fourth-order valence-corrected chi connectivity index (χ4v) is 2.38. The molecule has 2 nitrogen and oxygen atoms in total. The van der Waals surface area contributed by atoms with Crippen LogP contribution < -0.4 is 10.1 Å². The Kier molecular flexibility index (Phi) is 5.82. The van der Waals surface area contributed by atoms with Crippen LogP contribution in [0.4, 0.5) is 0 Å². The minimum Gasteiger partial charge on any atom is -0.493 e. The molecule has 0 aliphatic rings. The molecule has 0 heterocycles. The monoisotopic (exact) mass is 283 g/mol. The van der Waals surface area contributed by atoms with E-state index in [-0.39, 0.29) is 0 Å². The average Bonchev–Trinajstić information content (AvgIpc) is 2.52. The third-order valence-electron chi connectivity index (χ3n) is 3.78. The van der Waals surface area contributed by atoms with Crippen LogP contribution in [0.15, 0.2) is 48.5 Å². The summed E-state index contributed by atoms with van der Waals surface area (Å²) in [6.45, 7) is 5.01. The van der Waals surface area contributed by atoms with E-state index in [4.69, 9.17) is 4.74 Å². The third kappa shape index (κ3) is 4.61. The Bertz CT molecular complexity index is 551.